The predicted octanol–water partition coefficient (Wildman–Crippen LogP) is 1.51. The van der Waals surface area contributed by atoms with Gasteiger partial charge in [-0.25, -0.2) is 0 Å². The fraction of sp³-hybridized carbons (Fsp3) is 0.571. The van der Waals surface area contributed by atoms with Gasteiger partial charge in [0.2, 0.25) is 5.78 Å². The second-order valence-corrected chi connectivity index (χ2v) is 2.32. The smallest absolute Gasteiger partial charge is 0.345 e. The standard InChI is InChI=1S/C7H8F2O2/c1-2-6-7(8,9)5(10)3-4-11-6/h3-4,6H,2H2,1H3. The molecule has 1 aliphatic heterocycles. The van der Waals surface area contributed by atoms with Crippen LogP contribution in [0.1, 0.15) is 13.3 Å². The molecule has 62 valence electrons. The fourth-order valence-corrected chi connectivity index (χ4v) is 0.904. The molecular weight excluding hydrogens is 154 g/mol. The van der Waals surface area contributed by atoms with Gasteiger partial charge in [0.1, 0.15) is 0 Å². The lowest BCUT2D eigenvalue weighted by Crippen LogP contribution is -2.43. The third-order valence-electron chi connectivity index (χ3n) is 1.57. The molecule has 0 N–H and O–H groups in total. The Balaban J connectivity index is 2.86. The number of halogens is 2. The van der Waals surface area contributed by atoms with Gasteiger partial charge in [-0.3, -0.25) is 4.79 Å². The van der Waals surface area contributed by atoms with E-state index in [-0.39, 0.29) is 6.42 Å². The molecule has 2 nitrogen and oxygen atoms in total. The highest BCUT2D eigenvalue weighted by molar-refractivity contribution is 5.96. The molecule has 0 saturated heterocycles. The Hall–Kier alpha value is -0.930. The number of carbonyl (C=O) groups excluding carboxylic acids is 1. The summed E-state index contributed by atoms with van der Waals surface area (Å²) in [5.41, 5.74) is 0. The van der Waals surface area contributed by atoms with Gasteiger partial charge in [-0.1, -0.05) is 6.92 Å². The normalized spacial score (nSPS) is 28.3. The van der Waals surface area contributed by atoms with Crippen molar-refractivity contribution in [1.29, 1.82) is 0 Å². The van der Waals surface area contributed by atoms with Gasteiger partial charge in [0.15, 0.2) is 6.10 Å². The summed E-state index contributed by atoms with van der Waals surface area (Å²) in [4.78, 5) is 10.6. The van der Waals surface area contributed by atoms with Crippen LogP contribution in [0.15, 0.2) is 12.3 Å². The zero-order valence-corrected chi connectivity index (χ0v) is 6.01. The predicted molar refractivity (Wildman–Crippen MR) is 34.3 cm³/mol. The van der Waals surface area contributed by atoms with Gasteiger partial charge in [-0.15, -0.1) is 0 Å². The lowest BCUT2D eigenvalue weighted by atomic mass is 10.0. The zero-order valence-electron chi connectivity index (χ0n) is 6.01. The molecule has 0 amide bonds. The highest BCUT2D eigenvalue weighted by Gasteiger charge is 2.47. The van der Waals surface area contributed by atoms with E-state index in [1.165, 1.54) is 0 Å². The molecule has 0 aromatic carbocycles. The largest absolute Gasteiger partial charge is 0.491 e. The number of hydrogen-bond acceptors (Lipinski definition) is 2. The van der Waals surface area contributed by atoms with E-state index < -0.39 is 17.8 Å². The maximum absolute atomic E-state index is 12.7. The van der Waals surface area contributed by atoms with Crippen molar-refractivity contribution >= 4 is 5.78 Å². The third kappa shape index (κ3) is 1.25. The van der Waals surface area contributed by atoms with Gasteiger partial charge >= 0.3 is 5.92 Å². The summed E-state index contributed by atoms with van der Waals surface area (Å²) in [5.74, 6) is -4.51. The summed E-state index contributed by atoms with van der Waals surface area (Å²) in [5, 5.41) is 0. The average Bonchev–Trinajstić information content (AvgIpc) is 1.95. The van der Waals surface area contributed by atoms with Crippen LogP contribution >= 0.6 is 0 Å². The average molecular weight is 162 g/mol. The molecule has 1 heterocycles. The first-order chi connectivity index (χ1) is 5.09. The molecule has 0 radical (unpaired) electrons. The Morgan fingerprint density at radius 3 is 2.82 bits per heavy atom. The van der Waals surface area contributed by atoms with E-state index in [0.29, 0.717) is 0 Å². The molecule has 11 heavy (non-hydrogen) atoms. The Labute approximate surface area is 62.8 Å². The highest BCUT2D eigenvalue weighted by Crippen LogP contribution is 2.28. The minimum absolute atomic E-state index is 0.128. The summed E-state index contributed by atoms with van der Waals surface area (Å²) in [6, 6.07) is 0. The Morgan fingerprint density at radius 2 is 2.36 bits per heavy atom. The lowest BCUT2D eigenvalue weighted by molar-refractivity contribution is -0.161. The van der Waals surface area contributed by atoms with Crippen LogP contribution in [0.5, 0.6) is 0 Å². The Morgan fingerprint density at radius 1 is 1.73 bits per heavy atom. The van der Waals surface area contributed by atoms with Crippen LogP contribution < -0.4 is 0 Å². The van der Waals surface area contributed by atoms with E-state index in [2.05, 4.69) is 4.74 Å². The van der Waals surface area contributed by atoms with E-state index in [4.69, 9.17) is 0 Å². The number of ether oxygens (including phenoxy) is 1. The quantitative estimate of drug-likeness (QED) is 0.584. The van der Waals surface area contributed by atoms with Gasteiger partial charge in [0, 0.05) is 6.08 Å². The molecule has 0 aliphatic carbocycles. The highest BCUT2D eigenvalue weighted by atomic mass is 19.3. The number of allylic oxidation sites excluding steroid dienone is 1. The molecule has 0 fully saturated rings. The fourth-order valence-electron chi connectivity index (χ4n) is 0.904. The molecule has 4 heteroatoms. The summed E-state index contributed by atoms with van der Waals surface area (Å²) in [7, 11) is 0. The maximum Gasteiger partial charge on any atom is 0.345 e. The van der Waals surface area contributed by atoms with Crippen LogP contribution in [0, 0.1) is 0 Å². The second-order valence-electron chi connectivity index (χ2n) is 2.32. The summed E-state index contributed by atoms with van der Waals surface area (Å²) < 4.78 is 30.0. The van der Waals surface area contributed by atoms with Crippen LogP contribution in [0.25, 0.3) is 0 Å². The molecule has 1 rings (SSSR count). The SMILES string of the molecule is CCC1OC=CC(=O)C1(F)F. The van der Waals surface area contributed by atoms with Crippen molar-refractivity contribution < 1.29 is 18.3 Å². The first-order valence-electron chi connectivity index (χ1n) is 3.33. The van der Waals surface area contributed by atoms with Gasteiger partial charge in [0.25, 0.3) is 0 Å². The van der Waals surface area contributed by atoms with Crippen LogP contribution in [0.2, 0.25) is 0 Å². The molecule has 1 aliphatic rings. The van der Waals surface area contributed by atoms with E-state index >= 15 is 0 Å². The molecule has 0 saturated carbocycles. The van der Waals surface area contributed by atoms with Gasteiger partial charge < -0.3 is 4.74 Å². The molecule has 0 spiro atoms. The van der Waals surface area contributed by atoms with Crippen LogP contribution in [-0.2, 0) is 9.53 Å². The molecule has 1 atom stereocenters. The third-order valence-corrected chi connectivity index (χ3v) is 1.57. The van der Waals surface area contributed by atoms with Crippen molar-refractivity contribution in [2.45, 2.75) is 25.4 Å². The molecule has 0 aromatic rings. The van der Waals surface area contributed by atoms with Gasteiger partial charge in [0.05, 0.1) is 6.26 Å². The molecule has 1 unspecified atom stereocenters. The van der Waals surface area contributed by atoms with Crippen LogP contribution in [-0.4, -0.2) is 17.8 Å². The van der Waals surface area contributed by atoms with E-state index in [1.54, 1.807) is 6.92 Å². The molecular formula is C7H8F2O2. The van der Waals surface area contributed by atoms with Gasteiger partial charge in [-0.05, 0) is 6.42 Å². The second kappa shape index (κ2) is 2.60. The minimum atomic E-state index is -3.34. The summed E-state index contributed by atoms with van der Waals surface area (Å²) in [6.45, 7) is 1.55. The van der Waals surface area contributed by atoms with Crippen molar-refractivity contribution in [2.75, 3.05) is 0 Å². The zero-order chi connectivity index (χ0) is 8.48. The first kappa shape index (κ1) is 8.17. The number of hydrogen-bond donors (Lipinski definition) is 0. The number of rotatable bonds is 1. The van der Waals surface area contributed by atoms with Crippen molar-refractivity contribution in [2.24, 2.45) is 0 Å². The van der Waals surface area contributed by atoms with E-state index in [1.807, 2.05) is 0 Å². The monoisotopic (exact) mass is 162 g/mol. The van der Waals surface area contributed by atoms with Crippen molar-refractivity contribution in [1.82, 2.24) is 0 Å². The first-order valence-corrected chi connectivity index (χ1v) is 3.33. The number of carbonyl (C=O) groups is 1. The van der Waals surface area contributed by atoms with Crippen LogP contribution in [0.3, 0.4) is 0 Å². The molecule has 0 aromatic heterocycles. The van der Waals surface area contributed by atoms with Crippen molar-refractivity contribution in [3.05, 3.63) is 12.3 Å². The van der Waals surface area contributed by atoms with Crippen molar-refractivity contribution in [3.8, 4) is 0 Å². The molecule has 0 bridgehead atoms. The van der Waals surface area contributed by atoms with Crippen LogP contribution in [0.4, 0.5) is 8.78 Å². The lowest BCUT2D eigenvalue weighted by Gasteiger charge is -2.25. The number of ketones is 1. The topological polar surface area (TPSA) is 26.3 Å². The van der Waals surface area contributed by atoms with Gasteiger partial charge in [-0.2, -0.15) is 8.78 Å². The Kier molecular flexibility index (Phi) is 1.93. The van der Waals surface area contributed by atoms with E-state index in [0.717, 1.165) is 12.3 Å². The number of alkyl halides is 2. The Bertz CT molecular complexity index is 199. The summed E-state index contributed by atoms with van der Waals surface area (Å²) >= 11 is 0. The minimum Gasteiger partial charge on any atom is -0.491 e. The summed E-state index contributed by atoms with van der Waals surface area (Å²) in [6.07, 6.45) is 0.614. The maximum atomic E-state index is 12.7. The van der Waals surface area contributed by atoms with Crippen molar-refractivity contribution in [3.63, 3.8) is 0 Å². The van der Waals surface area contributed by atoms with E-state index in [9.17, 15) is 13.6 Å².